The standard InChI is InChI=1S/C18H21ClN2O4S/c1-3-20-18(22)13-21(16-7-5-6-8-17(16)25-4-2)26(23,24)15-11-9-14(19)10-12-15/h5-12H,3-4,13H2,1-2H3,(H,20,22). The maximum atomic E-state index is 13.2. The molecule has 0 radical (unpaired) electrons. The minimum absolute atomic E-state index is 0.0394. The Morgan fingerprint density at radius 2 is 1.77 bits per heavy atom. The molecule has 2 rings (SSSR count). The van der Waals surface area contributed by atoms with Gasteiger partial charge in [-0.1, -0.05) is 23.7 Å². The summed E-state index contributed by atoms with van der Waals surface area (Å²) in [5.41, 5.74) is 0.301. The lowest BCUT2D eigenvalue weighted by atomic mass is 10.3. The zero-order chi connectivity index (χ0) is 19.2. The van der Waals surface area contributed by atoms with Gasteiger partial charge in [-0.05, 0) is 50.2 Å². The zero-order valence-corrected chi connectivity index (χ0v) is 16.2. The quantitative estimate of drug-likeness (QED) is 0.744. The van der Waals surface area contributed by atoms with Crippen LogP contribution >= 0.6 is 11.6 Å². The van der Waals surface area contributed by atoms with Crippen LogP contribution in [0.15, 0.2) is 53.4 Å². The molecule has 0 saturated heterocycles. The molecule has 0 heterocycles. The summed E-state index contributed by atoms with van der Waals surface area (Å²) in [5, 5.41) is 3.05. The number of hydrogen-bond acceptors (Lipinski definition) is 4. The van der Waals surface area contributed by atoms with Gasteiger partial charge in [0, 0.05) is 11.6 Å². The second-order valence-corrected chi connectivity index (χ2v) is 7.62. The van der Waals surface area contributed by atoms with E-state index in [1.54, 1.807) is 38.1 Å². The van der Waals surface area contributed by atoms with Crippen LogP contribution in [0.3, 0.4) is 0 Å². The van der Waals surface area contributed by atoms with Crippen LogP contribution in [0.2, 0.25) is 5.02 Å². The third-order valence-electron chi connectivity index (χ3n) is 3.50. The van der Waals surface area contributed by atoms with Gasteiger partial charge in [-0.25, -0.2) is 8.42 Å². The average molecular weight is 397 g/mol. The van der Waals surface area contributed by atoms with E-state index in [4.69, 9.17) is 16.3 Å². The molecule has 0 atom stereocenters. The number of amides is 1. The summed E-state index contributed by atoms with van der Waals surface area (Å²) in [5.74, 6) is -0.0202. The number of nitrogens with zero attached hydrogens (tertiary/aromatic N) is 1. The highest BCUT2D eigenvalue weighted by Crippen LogP contribution is 2.32. The minimum atomic E-state index is -3.99. The molecule has 1 N–H and O–H groups in total. The monoisotopic (exact) mass is 396 g/mol. The molecule has 8 heteroatoms. The van der Waals surface area contributed by atoms with E-state index >= 15 is 0 Å². The highest BCUT2D eigenvalue weighted by molar-refractivity contribution is 7.92. The first-order valence-corrected chi connectivity index (χ1v) is 9.98. The van der Waals surface area contributed by atoms with Crippen molar-refractivity contribution in [1.82, 2.24) is 5.32 Å². The molecule has 26 heavy (non-hydrogen) atoms. The van der Waals surface area contributed by atoms with Crippen LogP contribution in [0.1, 0.15) is 13.8 Å². The largest absolute Gasteiger partial charge is 0.492 e. The van der Waals surface area contributed by atoms with E-state index in [1.165, 1.54) is 24.3 Å². The molecule has 1 amide bonds. The lowest BCUT2D eigenvalue weighted by Gasteiger charge is -2.25. The van der Waals surface area contributed by atoms with Crippen LogP contribution in [0.5, 0.6) is 5.75 Å². The Labute approximate surface area is 158 Å². The molecule has 0 saturated carbocycles. The number of anilines is 1. The first kappa shape index (κ1) is 20.1. The van der Waals surface area contributed by atoms with E-state index in [2.05, 4.69) is 5.32 Å². The summed E-state index contributed by atoms with van der Waals surface area (Å²) >= 11 is 5.86. The molecular formula is C18H21ClN2O4S. The highest BCUT2D eigenvalue weighted by Gasteiger charge is 2.29. The lowest BCUT2D eigenvalue weighted by molar-refractivity contribution is -0.119. The molecule has 0 bridgehead atoms. The molecule has 2 aromatic rings. The summed E-state index contributed by atoms with van der Waals surface area (Å²) < 4.78 is 33.0. The number of rotatable bonds is 8. The van der Waals surface area contributed by atoms with Crippen LogP contribution in [-0.4, -0.2) is 34.0 Å². The normalized spacial score (nSPS) is 11.0. The Hall–Kier alpha value is -2.25. The Kier molecular flexibility index (Phi) is 6.88. The third kappa shape index (κ3) is 4.68. The Balaban J connectivity index is 2.54. The van der Waals surface area contributed by atoms with E-state index in [1.807, 2.05) is 0 Å². The maximum absolute atomic E-state index is 13.2. The number of benzene rings is 2. The van der Waals surface area contributed by atoms with Crippen LogP contribution in [0.25, 0.3) is 0 Å². The maximum Gasteiger partial charge on any atom is 0.264 e. The average Bonchev–Trinajstić information content (AvgIpc) is 2.61. The van der Waals surface area contributed by atoms with E-state index < -0.39 is 15.9 Å². The summed E-state index contributed by atoms with van der Waals surface area (Å²) in [4.78, 5) is 12.2. The number of hydrogen-bond donors (Lipinski definition) is 1. The van der Waals surface area contributed by atoms with Gasteiger partial charge in [-0.3, -0.25) is 9.10 Å². The summed E-state index contributed by atoms with van der Waals surface area (Å²) in [6.45, 7) is 3.99. The molecule has 0 spiro atoms. The van der Waals surface area contributed by atoms with Gasteiger partial charge in [0.15, 0.2) is 0 Å². The van der Waals surface area contributed by atoms with Crippen molar-refractivity contribution in [2.45, 2.75) is 18.7 Å². The minimum Gasteiger partial charge on any atom is -0.492 e. The molecule has 0 aliphatic heterocycles. The number of ether oxygens (including phenoxy) is 1. The van der Waals surface area contributed by atoms with E-state index in [9.17, 15) is 13.2 Å². The molecule has 6 nitrogen and oxygen atoms in total. The summed E-state index contributed by atoms with van der Waals surface area (Å²) in [6.07, 6.45) is 0. The van der Waals surface area contributed by atoms with Crippen molar-refractivity contribution in [2.75, 3.05) is 24.0 Å². The van der Waals surface area contributed by atoms with Crippen molar-refractivity contribution >= 4 is 33.2 Å². The molecule has 0 unspecified atom stereocenters. The van der Waals surface area contributed by atoms with Crippen molar-refractivity contribution in [2.24, 2.45) is 0 Å². The highest BCUT2D eigenvalue weighted by atomic mass is 35.5. The lowest BCUT2D eigenvalue weighted by Crippen LogP contribution is -2.41. The number of likely N-dealkylation sites (N-methyl/N-ethyl adjacent to an activating group) is 1. The second kappa shape index (κ2) is 8.91. The molecule has 0 fully saturated rings. The van der Waals surface area contributed by atoms with Crippen molar-refractivity contribution in [3.05, 3.63) is 53.6 Å². The Morgan fingerprint density at radius 1 is 1.12 bits per heavy atom. The number of nitrogens with one attached hydrogen (secondary N) is 1. The molecule has 0 aliphatic rings. The van der Waals surface area contributed by atoms with Crippen molar-refractivity contribution in [1.29, 1.82) is 0 Å². The molecule has 0 aromatic heterocycles. The number of halogens is 1. The van der Waals surface area contributed by atoms with Crippen LogP contribution in [-0.2, 0) is 14.8 Å². The Morgan fingerprint density at radius 3 is 2.38 bits per heavy atom. The van der Waals surface area contributed by atoms with Gasteiger partial charge in [-0.15, -0.1) is 0 Å². The first-order chi connectivity index (χ1) is 12.4. The van der Waals surface area contributed by atoms with Gasteiger partial charge in [0.2, 0.25) is 5.91 Å². The third-order valence-corrected chi connectivity index (χ3v) is 5.52. The van der Waals surface area contributed by atoms with Crippen LogP contribution in [0.4, 0.5) is 5.69 Å². The van der Waals surface area contributed by atoms with Crippen molar-refractivity contribution < 1.29 is 17.9 Å². The van der Waals surface area contributed by atoms with E-state index in [0.717, 1.165) is 4.31 Å². The number of sulfonamides is 1. The number of para-hydroxylation sites is 2. The van der Waals surface area contributed by atoms with Gasteiger partial charge in [0.05, 0.1) is 17.2 Å². The molecule has 140 valence electrons. The SMILES string of the molecule is CCNC(=O)CN(c1ccccc1OCC)S(=O)(=O)c1ccc(Cl)cc1. The van der Waals surface area contributed by atoms with Crippen LogP contribution < -0.4 is 14.4 Å². The second-order valence-electron chi connectivity index (χ2n) is 5.32. The molecule has 0 aliphatic carbocycles. The zero-order valence-electron chi connectivity index (χ0n) is 14.6. The Bertz CT molecular complexity index is 854. The fraction of sp³-hybridized carbons (Fsp3) is 0.278. The van der Waals surface area contributed by atoms with Gasteiger partial charge >= 0.3 is 0 Å². The van der Waals surface area contributed by atoms with Crippen LogP contribution in [0, 0.1) is 0 Å². The smallest absolute Gasteiger partial charge is 0.264 e. The fourth-order valence-corrected chi connectivity index (χ4v) is 3.92. The van der Waals surface area contributed by atoms with Gasteiger partial charge in [0.1, 0.15) is 12.3 Å². The van der Waals surface area contributed by atoms with Gasteiger partial charge in [-0.2, -0.15) is 0 Å². The summed E-state index contributed by atoms with van der Waals surface area (Å²) in [7, 11) is -3.99. The van der Waals surface area contributed by atoms with E-state index in [-0.39, 0.29) is 11.4 Å². The molecule has 2 aromatic carbocycles. The number of carbonyl (C=O) groups excluding carboxylic acids is 1. The topological polar surface area (TPSA) is 75.7 Å². The van der Waals surface area contributed by atoms with E-state index in [0.29, 0.717) is 29.6 Å². The van der Waals surface area contributed by atoms with Gasteiger partial charge in [0.25, 0.3) is 10.0 Å². The predicted molar refractivity (Wildman–Crippen MR) is 102 cm³/mol. The number of carbonyl (C=O) groups is 1. The fourth-order valence-electron chi connectivity index (χ4n) is 2.36. The van der Waals surface area contributed by atoms with Crippen molar-refractivity contribution in [3.63, 3.8) is 0 Å². The molecular weight excluding hydrogens is 376 g/mol. The summed E-state index contributed by atoms with van der Waals surface area (Å²) in [6, 6.07) is 12.5. The van der Waals surface area contributed by atoms with Crippen molar-refractivity contribution in [3.8, 4) is 5.75 Å². The predicted octanol–water partition coefficient (Wildman–Crippen LogP) is 3.07. The first-order valence-electron chi connectivity index (χ1n) is 8.17. The van der Waals surface area contributed by atoms with Gasteiger partial charge < -0.3 is 10.1 Å².